The first-order chi connectivity index (χ1) is 4.54. The van der Waals surface area contributed by atoms with Gasteiger partial charge >= 0.3 is 5.97 Å². The van der Waals surface area contributed by atoms with Crippen LogP contribution in [0.15, 0.2) is 0 Å². The van der Waals surface area contributed by atoms with Crippen LogP contribution in [0.4, 0.5) is 4.39 Å². The molecule has 10 heavy (non-hydrogen) atoms. The second-order valence-electron chi connectivity index (χ2n) is 2.76. The Morgan fingerprint density at radius 2 is 2.40 bits per heavy atom. The Morgan fingerprint density at radius 3 is 2.60 bits per heavy atom. The molecule has 0 aliphatic carbocycles. The number of carboxylic acids is 1. The SMILES string of the molecule is CN1CCC(F)(C(=O)O)C1. The van der Waals surface area contributed by atoms with Crippen LogP contribution < -0.4 is 0 Å². The quantitative estimate of drug-likeness (QED) is 0.572. The summed E-state index contributed by atoms with van der Waals surface area (Å²) in [5.41, 5.74) is -1.99. The van der Waals surface area contributed by atoms with Crippen molar-refractivity contribution in [3.8, 4) is 0 Å². The van der Waals surface area contributed by atoms with Crippen molar-refractivity contribution >= 4 is 5.97 Å². The lowest BCUT2D eigenvalue weighted by molar-refractivity contribution is -0.149. The Bertz CT molecular complexity index is 162. The molecule has 1 aliphatic rings. The molecule has 1 rings (SSSR count). The topological polar surface area (TPSA) is 40.5 Å². The number of likely N-dealkylation sites (tertiary alicyclic amines) is 1. The lowest BCUT2D eigenvalue weighted by Crippen LogP contribution is -2.35. The average molecular weight is 147 g/mol. The number of alkyl halides is 1. The highest BCUT2D eigenvalue weighted by molar-refractivity contribution is 5.78. The van der Waals surface area contributed by atoms with Crippen molar-refractivity contribution in [3.63, 3.8) is 0 Å². The van der Waals surface area contributed by atoms with Crippen molar-refractivity contribution in [1.82, 2.24) is 4.90 Å². The first kappa shape index (κ1) is 7.47. The number of hydrogen-bond donors (Lipinski definition) is 1. The summed E-state index contributed by atoms with van der Waals surface area (Å²) in [4.78, 5) is 11.9. The van der Waals surface area contributed by atoms with E-state index in [0.717, 1.165) is 0 Å². The molecule has 1 N–H and O–H groups in total. The molecule has 1 aliphatic heterocycles. The van der Waals surface area contributed by atoms with Crippen LogP contribution in [0.2, 0.25) is 0 Å². The third-order valence-electron chi connectivity index (χ3n) is 1.79. The smallest absolute Gasteiger partial charge is 0.342 e. The van der Waals surface area contributed by atoms with E-state index in [9.17, 15) is 9.18 Å². The van der Waals surface area contributed by atoms with Gasteiger partial charge in [0, 0.05) is 19.5 Å². The van der Waals surface area contributed by atoms with E-state index in [2.05, 4.69) is 0 Å². The fourth-order valence-corrected chi connectivity index (χ4v) is 1.13. The Labute approximate surface area is 58.4 Å². The largest absolute Gasteiger partial charge is 0.479 e. The van der Waals surface area contributed by atoms with Gasteiger partial charge in [0.2, 0.25) is 5.67 Å². The van der Waals surface area contributed by atoms with E-state index < -0.39 is 11.6 Å². The lowest BCUT2D eigenvalue weighted by Gasteiger charge is -2.12. The Balaban J connectivity index is 2.63. The predicted molar refractivity (Wildman–Crippen MR) is 33.6 cm³/mol. The zero-order chi connectivity index (χ0) is 7.78. The molecule has 1 unspecified atom stereocenters. The van der Waals surface area contributed by atoms with Gasteiger partial charge in [0.05, 0.1) is 0 Å². The predicted octanol–water partition coefficient (Wildman–Crippen LogP) is 0.115. The lowest BCUT2D eigenvalue weighted by atomic mass is 10.1. The number of carbonyl (C=O) groups is 1. The standard InChI is InChI=1S/C6H10FNO2/c1-8-3-2-6(7,4-8)5(9)10/h2-4H2,1H3,(H,9,10). The van der Waals surface area contributed by atoms with Crippen LogP contribution in [0.1, 0.15) is 6.42 Å². The minimum atomic E-state index is -1.99. The minimum Gasteiger partial charge on any atom is -0.479 e. The summed E-state index contributed by atoms with van der Waals surface area (Å²) in [5, 5.41) is 8.39. The molecular weight excluding hydrogens is 137 g/mol. The maximum absolute atomic E-state index is 13.0. The maximum atomic E-state index is 13.0. The molecule has 1 heterocycles. The van der Waals surface area contributed by atoms with E-state index >= 15 is 0 Å². The molecule has 1 fully saturated rings. The summed E-state index contributed by atoms with van der Waals surface area (Å²) >= 11 is 0. The first-order valence-electron chi connectivity index (χ1n) is 3.15. The molecule has 0 amide bonds. The van der Waals surface area contributed by atoms with Gasteiger partial charge in [-0.25, -0.2) is 9.18 Å². The fraction of sp³-hybridized carbons (Fsp3) is 0.833. The molecule has 0 aromatic rings. The second kappa shape index (κ2) is 2.20. The van der Waals surface area contributed by atoms with E-state index in [4.69, 9.17) is 5.11 Å². The van der Waals surface area contributed by atoms with Crippen molar-refractivity contribution in [1.29, 1.82) is 0 Å². The van der Waals surface area contributed by atoms with Gasteiger partial charge in [-0.15, -0.1) is 0 Å². The third-order valence-corrected chi connectivity index (χ3v) is 1.79. The molecule has 1 saturated heterocycles. The number of aliphatic carboxylic acids is 1. The molecule has 4 heteroatoms. The van der Waals surface area contributed by atoms with Crippen LogP contribution in [0, 0.1) is 0 Å². The molecule has 0 aromatic carbocycles. The van der Waals surface area contributed by atoms with Crippen LogP contribution in [-0.2, 0) is 4.79 Å². The van der Waals surface area contributed by atoms with Crippen LogP contribution in [0.3, 0.4) is 0 Å². The zero-order valence-electron chi connectivity index (χ0n) is 5.80. The van der Waals surface area contributed by atoms with Gasteiger partial charge in [0.15, 0.2) is 0 Å². The van der Waals surface area contributed by atoms with Crippen LogP contribution in [0.25, 0.3) is 0 Å². The van der Waals surface area contributed by atoms with Crippen LogP contribution in [0.5, 0.6) is 0 Å². The van der Waals surface area contributed by atoms with Gasteiger partial charge in [-0.3, -0.25) is 0 Å². The third kappa shape index (κ3) is 1.11. The summed E-state index contributed by atoms with van der Waals surface area (Å²) in [7, 11) is 1.71. The molecule has 0 radical (unpaired) electrons. The van der Waals surface area contributed by atoms with Gasteiger partial charge in [-0.1, -0.05) is 0 Å². The normalized spacial score (nSPS) is 34.6. The van der Waals surface area contributed by atoms with Crippen molar-refractivity contribution in [2.24, 2.45) is 0 Å². The first-order valence-corrected chi connectivity index (χ1v) is 3.15. The second-order valence-corrected chi connectivity index (χ2v) is 2.76. The Kier molecular flexibility index (Phi) is 1.64. The maximum Gasteiger partial charge on any atom is 0.342 e. The van der Waals surface area contributed by atoms with E-state index in [1.54, 1.807) is 11.9 Å². The number of nitrogens with zero attached hydrogens (tertiary/aromatic N) is 1. The van der Waals surface area contributed by atoms with Crippen LogP contribution >= 0.6 is 0 Å². The van der Waals surface area contributed by atoms with Gasteiger partial charge in [0.25, 0.3) is 0 Å². The molecule has 0 saturated carbocycles. The van der Waals surface area contributed by atoms with Crippen LogP contribution in [-0.4, -0.2) is 41.8 Å². The van der Waals surface area contributed by atoms with Gasteiger partial charge in [-0.05, 0) is 7.05 Å². The highest BCUT2D eigenvalue weighted by Crippen LogP contribution is 2.24. The summed E-state index contributed by atoms with van der Waals surface area (Å²) < 4.78 is 13.0. The summed E-state index contributed by atoms with van der Waals surface area (Å²) in [6, 6.07) is 0. The molecule has 3 nitrogen and oxygen atoms in total. The van der Waals surface area contributed by atoms with E-state index in [0.29, 0.717) is 6.54 Å². The molecular formula is C6H10FNO2. The molecule has 0 aromatic heterocycles. The highest BCUT2D eigenvalue weighted by Gasteiger charge is 2.43. The Hall–Kier alpha value is -0.640. The summed E-state index contributed by atoms with van der Waals surface area (Å²) in [6.45, 7) is 0.547. The number of halogens is 1. The van der Waals surface area contributed by atoms with Crippen molar-refractivity contribution in [2.45, 2.75) is 12.1 Å². The van der Waals surface area contributed by atoms with Gasteiger partial charge < -0.3 is 10.0 Å². The zero-order valence-corrected chi connectivity index (χ0v) is 5.80. The minimum absolute atomic E-state index is 0.0162. The molecule has 58 valence electrons. The van der Waals surface area contributed by atoms with Crippen molar-refractivity contribution in [3.05, 3.63) is 0 Å². The average Bonchev–Trinajstić information content (AvgIpc) is 2.13. The fourth-order valence-electron chi connectivity index (χ4n) is 1.13. The summed E-state index contributed by atoms with van der Waals surface area (Å²) in [5.74, 6) is -1.34. The van der Waals surface area contributed by atoms with E-state index in [-0.39, 0.29) is 13.0 Å². The Morgan fingerprint density at radius 1 is 1.80 bits per heavy atom. The van der Waals surface area contributed by atoms with Gasteiger partial charge in [0.1, 0.15) is 0 Å². The van der Waals surface area contributed by atoms with Crippen molar-refractivity contribution < 1.29 is 14.3 Å². The molecule has 0 spiro atoms. The van der Waals surface area contributed by atoms with E-state index in [1.165, 1.54) is 0 Å². The molecule has 0 bridgehead atoms. The van der Waals surface area contributed by atoms with Gasteiger partial charge in [-0.2, -0.15) is 0 Å². The van der Waals surface area contributed by atoms with Crippen molar-refractivity contribution in [2.75, 3.05) is 20.1 Å². The number of rotatable bonds is 1. The number of carboxylic acid groups (broad SMARTS) is 1. The molecule has 1 atom stereocenters. The van der Waals surface area contributed by atoms with E-state index in [1.807, 2.05) is 0 Å². The highest BCUT2D eigenvalue weighted by atomic mass is 19.1. The summed E-state index contributed by atoms with van der Waals surface area (Å²) in [6.07, 6.45) is 0.110. The number of hydrogen-bond acceptors (Lipinski definition) is 2. The monoisotopic (exact) mass is 147 g/mol.